The summed E-state index contributed by atoms with van der Waals surface area (Å²) in [4.78, 5) is 12.5. The van der Waals surface area contributed by atoms with Crippen molar-refractivity contribution < 1.29 is 0 Å². The molecule has 1 saturated carbocycles. The smallest absolute Gasteiger partial charge is 0.296 e. The number of aryl methyl sites for hydroxylation is 1. The van der Waals surface area contributed by atoms with Crippen LogP contribution in [0.1, 0.15) is 51.8 Å². The van der Waals surface area contributed by atoms with E-state index >= 15 is 0 Å². The van der Waals surface area contributed by atoms with Crippen molar-refractivity contribution in [2.75, 3.05) is 0 Å². The Kier molecular flexibility index (Phi) is 4.08. The lowest BCUT2D eigenvalue weighted by molar-refractivity contribution is 0.255. The van der Waals surface area contributed by atoms with Crippen molar-refractivity contribution in [1.82, 2.24) is 19.2 Å². The van der Waals surface area contributed by atoms with Gasteiger partial charge in [0.25, 0.3) is 5.56 Å². The summed E-state index contributed by atoms with van der Waals surface area (Å²) in [7, 11) is 0. The third kappa shape index (κ3) is 2.87. The summed E-state index contributed by atoms with van der Waals surface area (Å²) in [6.07, 6.45) is 10.8. The molecule has 0 aliphatic heterocycles. The van der Waals surface area contributed by atoms with Crippen LogP contribution < -0.4 is 5.56 Å². The summed E-state index contributed by atoms with van der Waals surface area (Å²) in [5, 5.41) is 8.23. The second-order valence-electron chi connectivity index (χ2n) is 6.45. The topological polar surface area (TPSA) is 52.2 Å². The van der Waals surface area contributed by atoms with Crippen LogP contribution in [0.5, 0.6) is 0 Å². The molecule has 2 unspecified atom stereocenters. The zero-order valence-electron chi connectivity index (χ0n) is 13.0. The van der Waals surface area contributed by atoms with Crippen molar-refractivity contribution in [2.45, 2.75) is 58.9 Å². The predicted molar refractivity (Wildman–Crippen MR) is 82.4 cm³/mol. The van der Waals surface area contributed by atoms with Crippen molar-refractivity contribution in [3.05, 3.63) is 28.6 Å². The molecule has 2 aromatic rings. The van der Waals surface area contributed by atoms with Gasteiger partial charge < -0.3 is 4.57 Å². The molecule has 2 heterocycles. The van der Waals surface area contributed by atoms with E-state index in [0.29, 0.717) is 11.6 Å². The lowest BCUT2D eigenvalue weighted by atomic mass is 9.82. The maximum absolute atomic E-state index is 12.5. The Morgan fingerprint density at radius 2 is 2.14 bits per heavy atom. The summed E-state index contributed by atoms with van der Waals surface area (Å²) in [6.45, 7) is 5.23. The van der Waals surface area contributed by atoms with E-state index in [-0.39, 0.29) is 5.56 Å². The van der Waals surface area contributed by atoms with Gasteiger partial charge in [0.15, 0.2) is 0 Å². The maximum atomic E-state index is 12.5. The van der Waals surface area contributed by atoms with Crippen LogP contribution in [-0.4, -0.2) is 19.2 Å². The Labute approximate surface area is 125 Å². The first-order valence-corrected chi connectivity index (χ1v) is 8.12. The first-order valence-electron chi connectivity index (χ1n) is 8.12. The maximum Gasteiger partial charge on any atom is 0.296 e. The second kappa shape index (κ2) is 6.00. The van der Waals surface area contributed by atoms with E-state index in [2.05, 4.69) is 24.0 Å². The van der Waals surface area contributed by atoms with Gasteiger partial charge in [0.2, 0.25) is 5.65 Å². The Hall–Kier alpha value is -1.65. The highest BCUT2D eigenvalue weighted by atomic mass is 16.1. The third-order valence-electron chi connectivity index (χ3n) is 4.59. The fourth-order valence-corrected chi connectivity index (χ4v) is 3.51. The van der Waals surface area contributed by atoms with E-state index < -0.39 is 0 Å². The Morgan fingerprint density at radius 3 is 2.90 bits per heavy atom. The van der Waals surface area contributed by atoms with Crippen LogP contribution >= 0.6 is 0 Å². The monoisotopic (exact) mass is 288 g/mol. The molecule has 114 valence electrons. The molecule has 0 amide bonds. The van der Waals surface area contributed by atoms with Crippen LogP contribution in [0.4, 0.5) is 0 Å². The summed E-state index contributed by atoms with van der Waals surface area (Å²) >= 11 is 0. The highest BCUT2D eigenvalue weighted by Crippen LogP contribution is 2.29. The fraction of sp³-hybridized carbons (Fsp3) is 0.688. The first kappa shape index (κ1) is 14.3. The molecular weight excluding hydrogens is 264 g/mol. The van der Waals surface area contributed by atoms with E-state index in [1.165, 1.54) is 25.7 Å². The summed E-state index contributed by atoms with van der Waals surface area (Å²) < 4.78 is 3.66. The molecule has 1 aliphatic rings. The third-order valence-corrected chi connectivity index (χ3v) is 4.59. The van der Waals surface area contributed by atoms with E-state index in [9.17, 15) is 4.79 Å². The zero-order chi connectivity index (χ0) is 14.8. The van der Waals surface area contributed by atoms with Crippen LogP contribution in [0, 0.1) is 11.8 Å². The highest BCUT2D eigenvalue weighted by Gasteiger charge is 2.20. The molecule has 5 nitrogen and oxygen atoms in total. The van der Waals surface area contributed by atoms with Crippen LogP contribution in [0.3, 0.4) is 0 Å². The quantitative estimate of drug-likeness (QED) is 0.869. The molecular formula is C16H24N4O. The van der Waals surface area contributed by atoms with Crippen molar-refractivity contribution >= 4 is 5.65 Å². The van der Waals surface area contributed by atoms with E-state index in [0.717, 1.165) is 31.1 Å². The standard InChI is InChI=1S/C16H24N4O/c1-3-5-14-17-18-15-16(21)19(8-9-20(14)15)11-13-7-4-6-12(2)10-13/h8-9,12-13H,3-7,10-11H2,1-2H3. The molecule has 1 fully saturated rings. The average molecular weight is 288 g/mol. The first-order chi connectivity index (χ1) is 10.2. The van der Waals surface area contributed by atoms with Crippen molar-refractivity contribution in [3.8, 4) is 0 Å². The van der Waals surface area contributed by atoms with Crippen LogP contribution in [-0.2, 0) is 13.0 Å². The molecule has 21 heavy (non-hydrogen) atoms. The van der Waals surface area contributed by atoms with Gasteiger partial charge >= 0.3 is 0 Å². The molecule has 0 radical (unpaired) electrons. The van der Waals surface area contributed by atoms with Crippen LogP contribution in [0.15, 0.2) is 17.2 Å². The van der Waals surface area contributed by atoms with Crippen LogP contribution in [0.2, 0.25) is 0 Å². The average Bonchev–Trinajstić information content (AvgIpc) is 2.87. The molecule has 0 N–H and O–H groups in total. The van der Waals surface area contributed by atoms with Gasteiger partial charge in [0.1, 0.15) is 5.82 Å². The molecule has 0 bridgehead atoms. The van der Waals surface area contributed by atoms with Gasteiger partial charge in [-0.05, 0) is 31.1 Å². The zero-order valence-corrected chi connectivity index (χ0v) is 13.0. The predicted octanol–water partition coefficient (Wildman–Crippen LogP) is 2.67. The van der Waals surface area contributed by atoms with Gasteiger partial charge in [-0.3, -0.25) is 9.20 Å². The van der Waals surface area contributed by atoms with Gasteiger partial charge in [-0.2, -0.15) is 0 Å². The van der Waals surface area contributed by atoms with Crippen molar-refractivity contribution in [1.29, 1.82) is 0 Å². The number of fused-ring (bicyclic) bond motifs is 1. The lowest BCUT2D eigenvalue weighted by Crippen LogP contribution is -2.27. The Bertz CT molecular complexity index is 672. The SMILES string of the molecule is CCCc1nnc2c(=O)n(CC3CCCC(C)C3)ccn12. The minimum Gasteiger partial charge on any atom is -0.311 e. The van der Waals surface area contributed by atoms with Gasteiger partial charge in [-0.15, -0.1) is 10.2 Å². The van der Waals surface area contributed by atoms with E-state index in [1.807, 2.05) is 21.4 Å². The molecule has 5 heteroatoms. The van der Waals surface area contributed by atoms with E-state index in [4.69, 9.17) is 0 Å². The molecule has 2 atom stereocenters. The van der Waals surface area contributed by atoms with Gasteiger partial charge in [0.05, 0.1) is 0 Å². The fourth-order valence-electron chi connectivity index (χ4n) is 3.51. The number of hydrogen-bond donors (Lipinski definition) is 0. The minimum absolute atomic E-state index is 0.00872. The molecule has 3 rings (SSSR count). The number of rotatable bonds is 4. The Balaban J connectivity index is 1.86. The van der Waals surface area contributed by atoms with E-state index in [1.54, 1.807) is 0 Å². The largest absolute Gasteiger partial charge is 0.311 e. The van der Waals surface area contributed by atoms with Crippen molar-refractivity contribution in [2.24, 2.45) is 11.8 Å². The summed E-state index contributed by atoms with van der Waals surface area (Å²) in [6, 6.07) is 0. The highest BCUT2D eigenvalue weighted by molar-refractivity contribution is 5.34. The molecule has 1 aliphatic carbocycles. The molecule has 0 saturated heterocycles. The lowest BCUT2D eigenvalue weighted by Gasteiger charge is -2.27. The molecule has 0 spiro atoms. The van der Waals surface area contributed by atoms with Gasteiger partial charge in [-0.1, -0.05) is 26.7 Å². The normalized spacial score (nSPS) is 22.8. The van der Waals surface area contributed by atoms with Gasteiger partial charge in [0, 0.05) is 25.4 Å². The van der Waals surface area contributed by atoms with Gasteiger partial charge in [-0.25, -0.2) is 0 Å². The summed E-state index contributed by atoms with van der Waals surface area (Å²) in [5.41, 5.74) is 0.454. The second-order valence-corrected chi connectivity index (χ2v) is 6.45. The summed E-state index contributed by atoms with van der Waals surface area (Å²) in [5.74, 6) is 2.28. The minimum atomic E-state index is -0.00872. The molecule has 0 aromatic carbocycles. The van der Waals surface area contributed by atoms with Crippen molar-refractivity contribution in [3.63, 3.8) is 0 Å². The van der Waals surface area contributed by atoms with Crippen LogP contribution in [0.25, 0.3) is 5.65 Å². The number of nitrogens with zero attached hydrogens (tertiary/aromatic N) is 4. The number of aromatic nitrogens is 4. The Morgan fingerprint density at radius 1 is 1.29 bits per heavy atom. The number of hydrogen-bond acceptors (Lipinski definition) is 3. The molecule has 2 aromatic heterocycles.